The summed E-state index contributed by atoms with van der Waals surface area (Å²) < 4.78 is 0. The van der Waals surface area contributed by atoms with Gasteiger partial charge in [0.15, 0.2) is 6.10 Å². The fraction of sp³-hybridized carbons (Fsp3) is 0.533. The number of piperidine rings is 1. The first-order valence-electron chi connectivity index (χ1n) is 7.17. The minimum atomic E-state index is -1.10. The van der Waals surface area contributed by atoms with Gasteiger partial charge in [0.05, 0.1) is 10.7 Å². The topological polar surface area (TPSA) is 52.6 Å². The maximum absolute atomic E-state index is 11.5. The van der Waals surface area contributed by atoms with Gasteiger partial charge in [-0.2, -0.15) is 0 Å². The summed E-state index contributed by atoms with van der Waals surface area (Å²) in [6, 6.07) is 3.60. The van der Waals surface area contributed by atoms with Crippen LogP contribution in [0.25, 0.3) is 0 Å². The van der Waals surface area contributed by atoms with Gasteiger partial charge in [0.25, 0.3) is 5.91 Å². The van der Waals surface area contributed by atoms with Crippen molar-refractivity contribution in [2.45, 2.75) is 32.3 Å². The Balaban J connectivity index is 1.85. The summed E-state index contributed by atoms with van der Waals surface area (Å²) in [5.41, 5.74) is 2.21. The van der Waals surface area contributed by atoms with Crippen LogP contribution in [0.5, 0.6) is 0 Å². The molecular formula is C15H19ClN2O2. The highest BCUT2D eigenvalue weighted by Gasteiger charge is 2.30. The fourth-order valence-corrected chi connectivity index (χ4v) is 3.37. The summed E-state index contributed by atoms with van der Waals surface area (Å²) in [6.45, 7) is 4.22. The highest BCUT2D eigenvalue weighted by molar-refractivity contribution is 6.33. The smallest absolute Gasteiger partial charge is 0.257 e. The molecule has 1 aromatic carbocycles. The van der Waals surface area contributed by atoms with E-state index in [4.69, 9.17) is 11.6 Å². The molecule has 1 fully saturated rings. The number of hydrogen-bond acceptors (Lipinski definition) is 3. The molecule has 0 aromatic heterocycles. The Hall–Kier alpha value is -1.26. The molecule has 1 aromatic rings. The van der Waals surface area contributed by atoms with Gasteiger partial charge in [0.2, 0.25) is 0 Å². The molecule has 2 heterocycles. The molecule has 2 aliphatic heterocycles. The number of amides is 1. The lowest BCUT2D eigenvalue weighted by atomic mass is 9.94. The lowest BCUT2D eigenvalue weighted by Gasteiger charge is -2.34. The first-order valence-corrected chi connectivity index (χ1v) is 7.55. The molecule has 1 unspecified atom stereocenters. The maximum atomic E-state index is 11.5. The number of carbonyl (C=O) groups is 1. The number of anilines is 2. The van der Waals surface area contributed by atoms with Crippen LogP contribution in [0.15, 0.2) is 12.1 Å². The molecule has 1 amide bonds. The van der Waals surface area contributed by atoms with Crippen LogP contribution in [-0.2, 0) is 4.79 Å². The van der Waals surface area contributed by atoms with Crippen molar-refractivity contribution in [1.29, 1.82) is 0 Å². The summed E-state index contributed by atoms with van der Waals surface area (Å²) in [5, 5.41) is 13.1. The van der Waals surface area contributed by atoms with Gasteiger partial charge in [-0.05, 0) is 30.9 Å². The number of hydrogen-bond donors (Lipinski definition) is 2. The fourth-order valence-electron chi connectivity index (χ4n) is 3.08. The SMILES string of the molecule is CCC1CCN(c2cc3c(cc2Cl)C(O)C(=O)N3)CC1. The number of nitrogens with zero attached hydrogens (tertiary/aromatic N) is 1. The summed E-state index contributed by atoms with van der Waals surface area (Å²) >= 11 is 6.33. The number of nitrogens with one attached hydrogen (secondary N) is 1. The van der Waals surface area contributed by atoms with E-state index in [0.29, 0.717) is 16.3 Å². The number of benzene rings is 1. The molecule has 0 radical (unpaired) electrons. The van der Waals surface area contributed by atoms with E-state index in [-0.39, 0.29) is 5.91 Å². The van der Waals surface area contributed by atoms with Gasteiger partial charge >= 0.3 is 0 Å². The molecule has 108 valence electrons. The van der Waals surface area contributed by atoms with E-state index in [9.17, 15) is 9.90 Å². The molecule has 2 aliphatic rings. The number of rotatable bonds is 2. The third-order valence-electron chi connectivity index (χ3n) is 4.45. The van der Waals surface area contributed by atoms with Crippen LogP contribution >= 0.6 is 11.6 Å². The van der Waals surface area contributed by atoms with Crippen LogP contribution in [0.3, 0.4) is 0 Å². The Morgan fingerprint density at radius 1 is 1.40 bits per heavy atom. The normalized spacial score (nSPS) is 22.9. The Morgan fingerprint density at radius 3 is 2.75 bits per heavy atom. The molecule has 0 aliphatic carbocycles. The molecule has 2 N–H and O–H groups in total. The highest BCUT2D eigenvalue weighted by Crippen LogP contribution is 2.40. The summed E-state index contributed by atoms with van der Waals surface area (Å²) in [6.07, 6.45) is 2.49. The lowest BCUT2D eigenvalue weighted by Crippen LogP contribution is -2.33. The Bertz CT molecular complexity index is 539. The molecule has 4 nitrogen and oxygen atoms in total. The standard InChI is InChI=1S/C15H19ClN2O2/c1-2-9-3-5-18(6-4-9)13-8-12-10(7-11(13)16)14(19)15(20)17-12/h7-9,14,19H,2-6H2,1H3,(H,17,20). The van der Waals surface area contributed by atoms with Crippen molar-refractivity contribution in [2.24, 2.45) is 5.92 Å². The maximum Gasteiger partial charge on any atom is 0.257 e. The molecule has 5 heteroatoms. The van der Waals surface area contributed by atoms with Crippen molar-refractivity contribution < 1.29 is 9.90 Å². The zero-order valence-electron chi connectivity index (χ0n) is 11.5. The van der Waals surface area contributed by atoms with Crippen LogP contribution in [-0.4, -0.2) is 24.1 Å². The number of aliphatic hydroxyl groups excluding tert-OH is 1. The lowest BCUT2D eigenvalue weighted by molar-refractivity contribution is -0.123. The largest absolute Gasteiger partial charge is 0.378 e. The molecule has 1 saturated heterocycles. The minimum absolute atomic E-state index is 0.377. The van der Waals surface area contributed by atoms with Gasteiger partial charge in [-0.1, -0.05) is 24.9 Å². The Morgan fingerprint density at radius 2 is 2.10 bits per heavy atom. The van der Waals surface area contributed by atoms with Crippen molar-refractivity contribution in [2.75, 3.05) is 23.3 Å². The van der Waals surface area contributed by atoms with Gasteiger partial charge in [-0.25, -0.2) is 0 Å². The quantitative estimate of drug-likeness (QED) is 0.882. The van der Waals surface area contributed by atoms with E-state index in [2.05, 4.69) is 17.1 Å². The minimum Gasteiger partial charge on any atom is -0.378 e. The van der Waals surface area contributed by atoms with Crippen LogP contribution < -0.4 is 10.2 Å². The van der Waals surface area contributed by atoms with E-state index < -0.39 is 6.10 Å². The van der Waals surface area contributed by atoms with Gasteiger partial charge in [0.1, 0.15) is 0 Å². The number of carbonyl (C=O) groups excluding carboxylic acids is 1. The van der Waals surface area contributed by atoms with Gasteiger partial charge in [-0.15, -0.1) is 0 Å². The van der Waals surface area contributed by atoms with Crippen molar-refractivity contribution in [1.82, 2.24) is 0 Å². The summed E-state index contributed by atoms with van der Waals surface area (Å²) in [7, 11) is 0. The molecule has 3 rings (SSSR count). The number of aliphatic hydroxyl groups is 1. The molecule has 0 bridgehead atoms. The van der Waals surface area contributed by atoms with E-state index >= 15 is 0 Å². The van der Waals surface area contributed by atoms with Crippen molar-refractivity contribution in [3.8, 4) is 0 Å². The molecule has 0 spiro atoms. The summed E-state index contributed by atoms with van der Waals surface area (Å²) in [4.78, 5) is 13.8. The third-order valence-corrected chi connectivity index (χ3v) is 4.76. The van der Waals surface area contributed by atoms with Crippen LogP contribution in [0.1, 0.15) is 37.9 Å². The summed E-state index contributed by atoms with van der Waals surface area (Å²) in [5.74, 6) is 0.430. The second kappa shape index (κ2) is 5.26. The molecule has 20 heavy (non-hydrogen) atoms. The number of halogens is 1. The van der Waals surface area contributed by atoms with Crippen molar-refractivity contribution in [3.63, 3.8) is 0 Å². The average molecular weight is 295 g/mol. The highest BCUT2D eigenvalue weighted by atomic mass is 35.5. The van der Waals surface area contributed by atoms with E-state index in [0.717, 1.165) is 24.7 Å². The second-order valence-electron chi connectivity index (χ2n) is 5.62. The third kappa shape index (κ3) is 2.27. The second-order valence-corrected chi connectivity index (χ2v) is 6.03. The molecule has 0 saturated carbocycles. The zero-order chi connectivity index (χ0) is 14.3. The van der Waals surface area contributed by atoms with E-state index in [1.165, 1.54) is 19.3 Å². The van der Waals surface area contributed by atoms with Gasteiger partial charge < -0.3 is 15.3 Å². The molecular weight excluding hydrogens is 276 g/mol. The Labute approximate surface area is 123 Å². The first kappa shape index (κ1) is 13.7. The van der Waals surface area contributed by atoms with Gasteiger partial charge in [-0.3, -0.25) is 4.79 Å². The monoisotopic (exact) mass is 294 g/mol. The predicted octanol–water partition coefficient (Wildman–Crippen LogP) is 2.95. The molecule has 1 atom stereocenters. The first-order chi connectivity index (χ1) is 9.60. The van der Waals surface area contributed by atoms with Crippen LogP contribution in [0, 0.1) is 5.92 Å². The van der Waals surface area contributed by atoms with Crippen LogP contribution in [0.4, 0.5) is 11.4 Å². The van der Waals surface area contributed by atoms with E-state index in [1.54, 1.807) is 6.07 Å². The van der Waals surface area contributed by atoms with Crippen molar-refractivity contribution >= 4 is 28.9 Å². The van der Waals surface area contributed by atoms with Crippen LogP contribution in [0.2, 0.25) is 5.02 Å². The zero-order valence-corrected chi connectivity index (χ0v) is 12.3. The Kier molecular flexibility index (Phi) is 3.61. The van der Waals surface area contributed by atoms with E-state index in [1.807, 2.05) is 6.07 Å². The number of fused-ring (bicyclic) bond motifs is 1. The van der Waals surface area contributed by atoms with Crippen molar-refractivity contribution in [3.05, 3.63) is 22.7 Å². The predicted molar refractivity (Wildman–Crippen MR) is 80.3 cm³/mol. The average Bonchev–Trinajstić information content (AvgIpc) is 2.74. The van der Waals surface area contributed by atoms with Gasteiger partial charge in [0, 0.05) is 24.3 Å².